The Morgan fingerprint density at radius 1 is 1.19 bits per heavy atom. The van der Waals surface area contributed by atoms with E-state index in [0.29, 0.717) is 33.1 Å². The van der Waals surface area contributed by atoms with Crippen molar-refractivity contribution >= 4 is 34.1 Å². The van der Waals surface area contributed by atoms with Gasteiger partial charge in [0.25, 0.3) is 5.56 Å². The molecule has 4 N–H and O–H groups in total. The Morgan fingerprint density at radius 2 is 2.03 bits per heavy atom. The second kappa shape index (κ2) is 9.11. The number of hydrogen-bond acceptors (Lipinski definition) is 5. The SMILES string of the molecule is C[C@H](Nc1cccc(C(N)=O)c1)c1cc2cc(Cl)c(OCc3ccccn3)cc2[nH]c1=O. The van der Waals surface area contributed by atoms with E-state index >= 15 is 0 Å². The third-order valence-electron chi connectivity index (χ3n) is 5.02. The van der Waals surface area contributed by atoms with Crippen LogP contribution in [0, 0.1) is 0 Å². The molecule has 0 bridgehead atoms. The first-order valence-electron chi connectivity index (χ1n) is 9.96. The van der Waals surface area contributed by atoms with Crippen LogP contribution in [-0.4, -0.2) is 15.9 Å². The van der Waals surface area contributed by atoms with Crippen LogP contribution in [0.4, 0.5) is 5.69 Å². The highest BCUT2D eigenvalue weighted by atomic mass is 35.5. The number of nitrogens with zero attached hydrogens (tertiary/aromatic N) is 1. The van der Waals surface area contributed by atoms with Gasteiger partial charge in [-0.2, -0.15) is 0 Å². The fourth-order valence-electron chi connectivity index (χ4n) is 3.38. The molecule has 2 heterocycles. The van der Waals surface area contributed by atoms with Crippen LogP contribution in [0.25, 0.3) is 10.9 Å². The molecule has 2 aromatic carbocycles. The van der Waals surface area contributed by atoms with Crippen molar-refractivity contribution in [3.8, 4) is 5.75 Å². The predicted molar refractivity (Wildman–Crippen MR) is 125 cm³/mol. The van der Waals surface area contributed by atoms with Gasteiger partial charge in [-0.15, -0.1) is 0 Å². The minimum atomic E-state index is -0.513. The van der Waals surface area contributed by atoms with Crippen LogP contribution in [0.1, 0.15) is 34.6 Å². The highest BCUT2D eigenvalue weighted by molar-refractivity contribution is 6.32. The lowest BCUT2D eigenvalue weighted by Gasteiger charge is -2.16. The molecule has 2 aromatic heterocycles. The number of halogens is 1. The van der Waals surface area contributed by atoms with Gasteiger partial charge in [0.15, 0.2) is 0 Å². The van der Waals surface area contributed by atoms with Crippen LogP contribution in [-0.2, 0) is 6.61 Å². The van der Waals surface area contributed by atoms with Gasteiger partial charge in [0, 0.05) is 34.5 Å². The van der Waals surface area contributed by atoms with Crippen LogP contribution >= 0.6 is 11.6 Å². The van der Waals surface area contributed by atoms with Crippen LogP contribution in [0.5, 0.6) is 5.75 Å². The summed E-state index contributed by atoms with van der Waals surface area (Å²) >= 11 is 6.42. The Balaban J connectivity index is 1.58. The maximum atomic E-state index is 12.8. The number of rotatable bonds is 7. The number of carbonyl (C=O) groups is 1. The molecule has 0 spiro atoms. The third-order valence-corrected chi connectivity index (χ3v) is 5.32. The molecule has 8 heteroatoms. The number of H-pyrrole nitrogens is 1. The molecular formula is C24H21ClN4O3. The number of primary amides is 1. The lowest BCUT2D eigenvalue weighted by molar-refractivity contribution is 0.100. The van der Waals surface area contributed by atoms with Crippen molar-refractivity contribution in [2.24, 2.45) is 5.73 Å². The molecule has 0 fully saturated rings. The van der Waals surface area contributed by atoms with Gasteiger partial charge in [-0.3, -0.25) is 14.6 Å². The number of ether oxygens (including phenoxy) is 1. The zero-order chi connectivity index (χ0) is 22.7. The molecule has 4 rings (SSSR count). The topological polar surface area (TPSA) is 110 Å². The first-order chi connectivity index (χ1) is 15.4. The quantitative estimate of drug-likeness (QED) is 0.387. The number of anilines is 1. The molecule has 4 aromatic rings. The lowest BCUT2D eigenvalue weighted by atomic mass is 10.1. The lowest BCUT2D eigenvalue weighted by Crippen LogP contribution is -2.19. The molecule has 0 aliphatic rings. The predicted octanol–water partition coefficient (Wildman–Crippen LogP) is 4.43. The number of nitrogens with two attached hydrogens (primary N) is 1. The minimum absolute atomic E-state index is 0.235. The van der Waals surface area contributed by atoms with Crippen molar-refractivity contribution in [1.29, 1.82) is 0 Å². The number of amides is 1. The van der Waals surface area contributed by atoms with Gasteiger partial charge in [-0.1, -0.05) is 23.7 Å². The summed E-state index contributed by atoms with van der Waals surface area (Å²) in [5.41, 5.74) is 8.09. The van der Waals surface area contributed by atoms with Crippen LogP contribution < -0.4 is 21.3 Å². The van der Waals surface area contributed by atoms with Gasteiger partial charge >= 0.3 is 0 Å². The number of hydrogen-bond donors (Lipinski definition) is 3. The van der Waals surface area contributed by atoms with Crippen LogP contribution in [0.2, 0.25) is 5.02 Å². The molecular weight excluding hydrogens is 428 g/mol. The molecule has 0 unspecified atom stereocenters. The zero-order valence-corrected chi connectivity index (χ0v) is 18.0. The van der Waals surface area contributed by atoms with E-state index in [1.807, 2.05) is 25.1 Å². The van der Waals surface area contributed by atoms with Crippen molar-refractivity contribution < 1.29 is 9.53 Å². The summed E-state index contributed by atoms with van der Waals surface area (Å²) < 4.78 is 5.79. The van der Waals surface area contributed by atoms with Crippen molar-refractivity contribution in [3.05, 3.63) is 99.1 Å². The van der Waals surface area contributed by atoms with Crippen molar-refractivity contribution in [2.45, 2.75) is 19.6 Å². The average molecular weight is 449 g/mol. The van der Waals surface area contributed by atoms with Gasteiger partial charge in [0.2, 0.25) is 5.91 Å². The second-order valence-corrected chi connectivity index (χ2v) is 7.75. The number of pyridine rings is 2. The Hall–Kier alpha value is -3.84. The largest absolute Gasteiger partial charge is 0.486 e. The molecule has 1 atom stereocenters. The molecule has 162 valence electrons. The summed E-state index contributed by atoms with van der Waals surface area (Å²) in [6.45, 7) is 2.12. The van der Waals surface area contributed by atoms with E-state index in [-0.39, 0.29) is 18.2 Å². The van der Waals surface area contributed by atoms with Gasteiger partial charge in [0.05, 0.1) is 22.3 Å². The van der Waals surface area contributed by atoms with Gasteiger partial charge in [-0.05, 0) is 49.4 Å². The molecule has 0 saturated heterocycles. The second-order valence-electron chi connectivity index (χ2n) is 7.34. The van der Waals surface area contributed by atoms with E-state index in [1.54, 1.807) is 48.7 Å². The van der Waals surface area contributed by atoms with Gasteiger partial charge < -0.3 is 20.8 Å². The fraction of sp³-hybridized carbons (Fsp3) is 0.125. The Morgan fingerprint density at radius 3 is 2.78 bits per heavy atom. The Kier molecular flexibility index (Phi) is 6.09. The highest BCUT2D eigenvalue weighted by Gasteiger charge is 2.14. The van der Waals surface area contributed by atoms with Gasteiger partial charge in [0.1, 0.15) is 12.4 Å². The monoisotopic (exact) mass is 448 g/mol. The number of aromatic amines is 1. The molecule has 0 aliphatic carbocycles. The number of benzene rings is 2. The summed E-state index contributed by atoms with van der Waals surface area (Å²) in [5.74, 6) is -0.0526. The Bertz CT molecular complexity index is 1340. The molecule has 0 radical (unpaired) electrons. The first kappa shape index (κ1) is 21.4. The Labute approximate surface area is 189 Å². The summed E-state index contributed by atoms with van der Waals surface area (Å²) in [5, 5.41) is 4.44. The summed E-state index contributed by atoms with van der Waals surface area (Å²) in [4.78, 5) is 31.3. The van der Waals surface area contributed by atoms with E-state index in [0.717, 1.165) is 11.1 Å². The summed E-state index contributed by atoms with van der Waals surface area (Å²) in [7, 11) is 0. The van der Waals surface area contributed by atoms with Crippen LogP contribution in [0.3, 0.4) is 0 Å². The number of nitrogens with one attached hydrogen (secondary N) is 2. The van der Waals surface area contributed by atoms with E-state index in [1.165, 1.54) is 0 Å². The van der Waals surface area contributed by atoms with E-state index in [9.17, 15) is 9.59 Å². The molecule has 0 saturated carbocycles. The summed E-state index contributed by atoms with van der Waals surface area (Å²) in [6, 6.07) is 17.3. The zero-order valence-electron chi connectivity index (χ0n) is 17.3. The molecule has 7 nitrogen and oxygen atoms in total. The maximum Gasteiger partial charge on any atom is 0.253 e. The fourth-order valence-corrected chi connectivity index (χ4v) is 3.61. The van der Waals surface area contributed by atoms with E-state index < -0.39 is 5.91 Å². The maximum absolute atomic E-state index is 12.8. The normalized spacial score (nSPS) is 11.8. The first-order valence-corrected chi connectivity index (χ1v) is 10.3. The van der Waals surface area contributed by atoms with E-state index in [2.05, 4.69) is 15.3 Å². The average Bonchev–Trinajstić information content (AvgIpc) is 2.78. The highest BCUT2D eigenvalue weighted by Crippen LogP contribution is 2.30. The third kappa shape index (κ3) is 4.73. The molecule has 32 heavy (non-hydrogen) atoms. The van der Waals surface area contributed by atoms with Crippen molar-refractivity contribution in [1.82, 2.24) is 9.97 Å². The summed E-state index contributed by atoms with van der Waals surface area (Å²) in [6.07, 6.45) is 1.69. The molecule has 1 amide bonds. The van der Waals surface area contributed by atoms with Gasteiger partial charge in [-0.25, -0.2) is 0 Å². The van der Waals surface area contributed by atoms with Crippen LogP contribution in [0.15, 0.2) is 71.7 Å². The number of aromatic nitrogens is 2. The standard InChI is InChI=1S/C24H21ClN4O3/c1-14(28-17-7-4-5-15(9-17)23(26)30)19-10-16-11-20(25)22(12-21(16)29-24(19)31)32-13-18-6-2-3-8-27-18/h2-12,14,28H,13H2,1H3,(H2,26,30)(H,29,31)/t14-/m0/s1. The number of carbonyl (C=O) groups excluding carboxylic acids is 1. The minimum Gasteiger partial charge on any atom is -0.486 e. The number of fused-ring (bicyclic) bond motifs is 1. The van der Waals surface area contributed by atoms with E-state index in [4.69, 9.17) is 22.1 Å². The smallest absolute Gasteiger partial charge is 0.253 e. The van der Waals surface area contributed by atoms with Crippen molar-refractivity contribution in [2.75, 3.05) is 5.32 Å². The molecule has 0 aliphatic heterocycles. The van der Waals surface area contributed by atoms with Crippen molar-refractivity contribution in [3.63, 3.8) is 0 Å².